The molecule has 0 radical (unpaired) electrons. The zero-order chi connectivity index (χ0) is 25.6. The Balaban J connectivity index is 1.28. The van der Waals surface area contributed by atoms with Crippen molar-refractivity contribution in [2.45, 2.75) is 75.3 Å². The first-order valence-corrected chi connectivity index (χ1v) is 11.9. The summed E-state index contributed by atoms with van der Waals surface area (Å²) in [5.41, 5.74) is 1.82. The Labute approximate surface area is 204 Å². The average molecular weight is 511 g/mol. The number of ether oxygens (including phenoxy) is 2. The molecule has 2 aliphatic rings. The second-order valence-corrected chi connectivity index (χ2v) is 9.95. The van der Waals surface area contributed by atoms with Crippen LogP contribution in [0.25, 0.3) is 11.2 Å². The summed E-state index contributed by atoms with van der Waals surface area (Å²) < 4.78 is 53.5. The Bertz CT molecular complexity index is 1210. The molecule has 2 aliphatic carbocycles. The molecule has 13 heteroatoms. The van der Waals surface area contributed by atoms with Crippen molar-refractivity contribution in [2.75, 3.05) is 18.5 Å². The van der Waals surface area contributed by atoms with Crippen molar-refractivity contribution < 1.29 is 32.9 Å². The van der Waals surface area contributed by atoms with Crippen molar-refractivity contribution in [2.24, 2.45) is 0 Å². The van der Waals surface area contributed by atoms with Gasteiger partial charge in [0.2, 0.25) is 0 Å². The van der Waals surface area contributed by atoms with Gasteiger partial charge in [-0.3, -0.25) is 5.10 Å². The number of rotatable bonds is 10. The molecule has 3 aromatic rings. The zero-order valence-corrected chi connectivity index (χ0v) is 19.9. The molecule has 4 N–H and O–H groups in total. The van der Waals surface area contributed by atoms with Gasteiger partial charge in [-0.2, -0.15) is 5.10 Å². The largest absolute Gasteiger partial charge is 0.393 e. The van der Waals surface area contributed by atoms with Crippen LogP contribution in [0.15, 0.2) is 18.2 Å². The van der Waals surface area contributed by atoms with E-state index in [1.54, 1.807) is 10.7 Å². The Morgan fingerprint density at radius 1 is 1.22 bits per heavy atom. The van der Waals surface area contributed by atoms with Crippen LogP contribution >= 0.6 is 0 Å². The lowest BCUT2D eigenvalue weighted by Gasteiger charge is -2.27. The summed E-state index contributed by atoms with van der Waals surface area (Å²) in [5.74, 6) is -2.61. The average Bonchev–Trinajstić information content (AvgIpc) is 3.11. The fraction of sp³-hybridized carbons (Fsp3) is 0.609. The maximum atomic E-state index is 13.6. The maximum absolute atomic E-state index is 13.6. The van der Waals surface area contributed by atoms with Gasteiger partial charge in [-0.25, -0.2) is 17.9 Å². The first kappa shape index (κ1) is 24.9. The van der Waals surface area contributed by atoms with Gasteiger partial charge in [0.05, 0.1) is 31.5 Å². The van der Waals surface area contributed by atoms with Crippen molar-refractivity contribution in [3.05, 3.63) is 35.4 Å². The van der Waals surface area contributed by atoms with E-state index in [0.717, 1.165) is 12.5 Å². The number of benzene rings is 1. The van der Waals surface area contributed by atoms with Crippen molar-refractivity contribution in [1.82, 2.24) is 25.2 Å². The van der Waals surface area contributed by atoms with E-state index in [9.17, 15) is 18.3 Å². The minimum atomic E-state index is -1.51. The van der Waals surface area contributed by atoms with E-state index in [-0.39, 0.29) is 24.6 Å². The van der Waals surface area contributed by atoms with Crippen molar-refractivity contribution in [3.63, 3.8) is 0 Å². The normalized spacial score (nSPS) is 27.0. The minimum Gasteiger partial charge on any atom is -0.393 e. The quantitative estimate of drug-likeness (QED) is 0.306. The molecular formula is C23H29F3N6O4. The molecule has 0 bridgehead atoms. The molecule has 1 aromatic carbocycles. The molecule has 2 fully saturated rings. The number of hydrogen-bond acceptors (Lipinski definition) is 8. The number of aliphatic hydroxyl groups excluding tert-OH is 1. The highest BCUT2D eigenvalue weighted by atomic mass is 19.2. The zero-order valence-electron chi connectivity index (χ0n) is 19.9. The van der Waals surface area contributed by atoms with Crippen LogP contribution in [0.5, 0.6) is 0 Å². The minimum absolute atomic E-state index is 0.000472. The molecule has 0 saturated heterocycles. The predicted molar refractivity (Wildman–Crippen MR) is 122 cm³/mol. The Kier molecular flexibility index (Phi) is 6.66. The van der Waals surface area contributed by atoms with Crippen LogP contribution < -0.4 is 5.32 Å². The number of aromatic amines is 1. The molecule has 6 atom stereocenters. The van der Waals surface area contributed by atoms with Gasteiger partial charge in [-0.05, 0) is 50.8 Å². The number of nitrogens with zero attached hydrogens (tertiary/aromatic N) is 4. The third-order valence-electron chi connectivity index (χ3n) is 6.58. The number of fused-ring (bicyclic) bond motifs is 1. The summed E-state index contributed by atoms with van der Waals surface area (Å²) >= 11 is 0. The van der Waals surface area contributed by atoms with E-state index in [1.165, 1.54) is 19.9 Å². The van der Waals surface area contributed by atoms with Crippen LogP contribution in [-0.2, 0) is 9.47 Å². The molecule has 5 rings (SSSR count). The van der Waals surface area contributed by atoms with Crippen LogP contribution in [0.3, 0.4) is 0 Å². The Morgan fingerprint density at radius 2 is 2.00 bits per heavy atom. The molecule has 196 valence electrons. The first-order valence-electron chi connectivity index (χ1n) is 11.9. The van der Waals surface area contributed by atoms with Gasteiger partial charge in [0.25, 0.3) is 0 Å². The molecule has 0 amide bonds. The van der Waals surface area contributed by atoms with Gasteiger partial charge in [0.1, 0.15) is 6.17 Å². The molecule has 0 aliphatic heterocycles. The lowest BCUT2D eigenvalue weighted by atomic mass is 10.1. The van der Waals surface area contributed by atoms with E-state index >= 15 is 0 Å². The summed E-state index contributed by atoms with van der Waals surface area (Å²) in [5, 5.41) is 38.2. The fourth-order valence-corrected chi connectivity index (χ4v) is 4.80. The van der Waals surface area contributed by atoms with E-state index < -0.39 is 42.4 Å². The highest BCUT2D eigenvalue weighted by molar-refractivity contribution is 5.83. The fourth-order valence-electron chi connectivity index (χ4n) is 4.80. The van der Waals surface area contributed by atoms with Crippen LogP contribution in [0.4, 0.5) is 19.0 Å². The highest BCUT2D eigenvalue weighted by Gasteiger charge is 2.42. The molecule has 36 heavy (non-hydrogen) atoms. The van der Waals surface area contributed by atoms with Gasteiger partial charge in [0, 0.05) is 12.0 Å². The summed E-state index contributed by atoms with van der Waals surface area (Å²) in [4.78, 5) is 0. The molecule has 2 heterocycles. The number of aromatic nitrogens is 5. The summed E-state index contributed by atoms with van der Waals surface area (Å²) in [7, 11) is 0. The number of aliphatic hydroxyl groups is 2. The predicted octanol–water partition coefficient (Wildman–Crippen LogP) is 2.56. The lowest BCUT2D eigenvalue weighted by molar-refractivity contribution is -0.225. The second kappa shape index (κ2) is 9.61. The van der Waals surface area contributed by atoms with Crippen molar-refractivity contribution >= 4 is 17.0 Å². The number of hydrogen-bond donors (Lipinski definition) is 4. The lowest BCUT2D eigenvalue weighted by Crippen LogP contribution is -2.36. The van der Waals surface area contributed by atoms with Crippen LogP contribution in [0.1, 0.15) is 50.6 Å². The smallest absolute Gasteiger partial charge is 0.178 e. The molecule has 2 saturated carbocycles. The third kappa shape index (κ3) is 5.19. The SMILES string of the molecule is CC(C)(O)OC1C[C@H](n2nnc3c(N[C@@H]4C[C@H]4c4ccc(F)c(F)c4)n[nH]c32)C[C@@H]1OCC(F)CO. The number of halogens is 3. The first-order chi connectivity index (χ1) is 17.1. The van der Waals surface area contributed by atoms with Crippen molar-refractivity contribution in [1.29, 1.82) is 0 Å². The topological polar surface area (TPSA) is 130 Å². The molecule has 2 aromatic heterocycles. The number of alkyl halides is 1. The van der Waals surface area contributed by atoms with E-state index in [4.69, 9.17) is 14.6 Å². The Hall–Kier alpha value is -2.74. The number of anilines is 1. The van der Waals surface area contributed by atoms with Gasteiger partial charge < -0.3 is 25.0 Å². The molecule has 0 spiro atoms. The Morgan fingerprint density at radius 3 is 2.72 bits per heavy atom. The van der Waals surface area contributed by atoms with Gasteiger partial charge in [0.15, 0.2) is 34.4 Å². The van der Waals surface area contributed by atoms with Gasteiger partial charge >= 0.3 is 0 Å². The number of nitrogens with one attached hydrogen (secondary N) is 2. The van der Waals surface area contributed by atoms with Gasteiger partial charge in [-0.15, -0.1) is 5.10 Å². The van der Waals surface area contributed by atoms with Gasteiger partial charge in [-0.1, -0.05) is 11.3 Å². The molecular weight excluding hydrogens is 481 g/mol. The van der Waals surface area contributed by atoms with E-state index in [0.29, 0.717) is 35.4 Å². The number of H-pyrrole nitrogens is 1. The van der Waals surface area contributed by atoms with Crippen LogP contribution in [0.2, 0.25) is 0 Å². The van der Waals surface area contributed by atoms with Crippen LogP contribution in [0, 0.1) is 11.6 Å². The second-order valence-electron chi connectivity index (χ2n) is 9.95. The highest BCUT2D eigenvalue weighted by Crippen LogP contribution is 2.44. The standard InChI is InChI=1S/C23H29F3N6O4/c1-23(2,34)36-19-7-13(6-18(19)35-10-12(24)9-33)32-22-20(28-31-32)21(29-30-22)27-17-8-14(17)11-3-4-15(25)16(26)5-11/h3-5,12-14,17-19,33-34H,6-10H2,1-2H3,(H2,27,29,30)/t12?,13-,14+,17-,18+,19?/m1/s1. The summed E-state index contributed by atoms with van der Waals surface area (Å²) in [6.45, 7) is 2.09. The van der Waals surface area contributed by atoms with Crippen LogP contribution in [-0.4, -0.2) is 78.8 Å². The van der Waals surface area contributed by atoms with E-state index in [1.807, 2.05) is 0 Å². The monoisotopic (exact) mass is 510 g/mol. The maximum Gasteiger partial charge on any atom is 0.178 e. The summed E-state index contributed by atoms with van der Waals surface area (Å²) in [6.07, 6.45) is -0.942. The molecule has 2 unspecified atom stereocenters. The van der Waals surface area contributed by atoms with E-state index in [2.05, 4.69) is 25.8 Å². The molecule has 10 nitrogen and oxygen atoms in total. The van der Waals surface area contributed by atoms with Crippen molar-refractivity contribution in [3.8, 4) is 0 Å². The summed E-state index contributed by atoms with van der Waals surface area (Å²) in [6, 6.07) is 3.71. The third-order valence-corrected chi connectivity index (χ3v) is 6.58.